The Morgan fingerprint density at radius 2 is 1.90 bits per heavy atom. The quantitative estimate of drug-likeness (QED) is 0.880. The lowest BCUT2D eigenvalue weighted by molar-refractivity contribution is -0.896. The molecule has 2 rings (SSSR count). The van der Waals surface area contributed by atoms with Crippen molar-refractivity contribution in [2.24, 2.45) is 0 Å². The van der Waals surface area contributed by atoms with Gasteiger partial charge in [0.1, 0.15) is 0 Å². The standard InChI is InChI=1S/C14H16ClF3N2O/c15-11-5-4-10(14(16,17)18)8-12(11)19-13(21)9-20-6-2-1-3-7-20/h4-5,8H,1-3,6-7,9H2,(H,19,21)/p+1. The van der Waals surface area contributed by atoms with Crippen molar-refractivity contribution in [1.82, 2.24) is 0 Å². The minimum Gasteiger partial charge on any atom is -0.327 e. The average Bonchev–Trinajstić information content (AvgIpc) is 2.41. The fraction of sp³-hybridized carbons (Fsp3) is 0.500. The number of hydrogen-bond acceptors (Lipinski definition) is 1. The third kappa shape index (κ3) is 4.61. The lowest BCUT2D eigenvalue weighted by Crippen LogP contribution is -3.13. The Hall–Kier alpha value is -1.27. The zero-order valence-electron chi connectivity index (χ0n) is 11.4. The number of piperidine rings is 1. The molecule has 21 heavy (non-hydrogen) atoms. The molecule has 0 spiro atoms. The van der Waals surface area contributed by atoms with Crippen molar-refractivity contribution in [3.8, 4) is 0 Å². The molecule has 1 amide bonds. The van der Waals surface area contributed by atoms with Crippen molar-refractivity contribution < 1.29 is 22.9 Å². The number of carbonyl (C=O) groups excluding carboxylic acids is 1. The first-order valence-corrected chi connectivity index (χ1v) is 7.24. The molecule has 1 aromatic rings. The van der Waals surface area contributed by atoms with Crippen LogP contribution in [0.4, 0.5) is 18.9 Å². The van der Waals surface area contributed by atoms with Gasteiger partial charge in [0.15, 0.2) is 6.54 Å². The van der Waals surface area contributed by atoms with Gasteiger partial charge in [0.2, 0.25) is 0 Å². The maximum atomic E-state index is 12.6. The topological polar surface area (TPSA) is 33.5 Å². The van der Waals surface area contributed by atoms with Gasteiger partial charge in [-0.2, -0.15) is 13.2 Å². The predicted molar refractivity (Wildman–Crippen MR) is 74.5 cm³/mol. The third-order valence-corrected chi connectivity index (χ3v) is 3.87. The van der Waals surface area contributed by atoms with E-state index in [-0.39, 0.29) is 23.2 Å². The van der Waals surface area contributed by atoms with E-state index in [1.54, 1.807) is 0 Å². The number of amides is 1. The number of nitrogens with one attached hydrogen (secondary N) is 2. The van der Waals surface area contributed by atoms with Gasteiger partial charge in [0.05, 0.1) is 29.4 Å². The zero-order valence-corrected chi connectivity index (χ0v) is 12.2. The summed E-state index contributed by atoms with van der Waals surface area (Å²) in [7, 11) is 0. The van der Waals surface area contributed by atoms with E-state index in [9.17, 15) is 18.0 Å². The number of quaternary nitrogens is 1. The van der Waals surface area contributed by atoms with E-state index in [0.717, 1.165) is 49.0 Å². The molecule has 0 aromatic heterocycles. The van der Waals surface area contributed by atoms with Crippen molar-refractivity contribution in [2.45, 2.75) is 25.4 Å². The van der Waals surface area contributed by atoms with Gasteiger partial charge in [-0.25, -0.2) is 0 Å². The number of halogens is 4. The number of alkyl halides is 3. The van der Waals surface area contributed by atoms with Gasteiger partial charge in [-0.3, -0.25) is 4.79 Å². The molecule has 1 aliphatic rings. The van der Waals surface area contributed by atoms with Crippen LogP contribution in [0.5, 0.6) is 0 Å². The van der Waals surface area contributed by atoms with E-state index >= 15 is 0 Å². The molecule has 1 heterocycles. The maximum Gasteiger partial charge on any atom is 0.416 e. The molecule has 1 saturated heterocycles. The lowest BCUT2D eigenvalue weighted by Gasteiger charge is -2.23. The van der Waals surface area contributed by atoms with Gasteiger partial charge in [0.25, 0.3) is 5.91 Å². The monoisotopic (exact) mass is 321 g/mol. The number of anilines is 1. The number of rotatable bonds is 3. The Balaban J connectivity index is 2.02. The molecule has 3 nitrogen and oxygen atoms in total. The van der Waals surface area contributed by atoms with Gasteiger partial charge in [-0.15, -0.1) is 0 Å². The Morgan fingerprint density at radius 1 is 1.24 bits per heavy atom. The Labute approximate surface area is 126 Å². The highest BCUT2D eigenvalue weighted by molar-refractivity contribution is 6.33. The average molecular weight is 322 g/mol. The van der Waals surface area contributed by atoms with Crippen molar-refractivity contribution in [3.05, 3.63) is 28.8 Å². The Bertz CT molecular complexity index is 513. The highest BCUT2D eigenvalue weighted by Crippen LogP contribution is 2.33. The predicted octanol–water partition coefficient (Wildman–Crippen LogP) is 2.37. The second-order valence-electron chi connectivity index (χ2n) is 5.23. The second-order valence-corrected chi connectivity index (χ2v) is 5.64. The van der Waals surface area contributed by atoms with Gasteiger partial charge >= 0.3 is 6.18 Å². The van der Waals surface area contributed by atoms with E-state index in [2.05, 4.69) is 5.32 Å². The fourth-order valence-corrected chi connectivity index (χ4v) is 2.61. The molecule has 0 aliphatic carbocycles. The number of benzene rings is 1. The molecular weight excluding hydrogens is 305 g/mol. The molecule has 0 atom stereocenters. The van der Waals surface area contributed by atoms with Gasteiger partial charge < -0.3 is 10.2 Å². The molecule has 0 saturated carbocycles. The lowest BCUT2D eigenvalue weighted by atomic mass is 10.1. The molecule has 1 fully saturated rings. The van der Waals surface area contributed by atoms with E-state index in [0.29, 0.717) is 0 Å². The minimum absolute atomic E-state index is 0.00732. The summed E-state index contributed by atoms with van der Waals surface area (Å²) in [4.78, 5) is 13.1. The normalized spacial score (nSPS) is 16.8. The summed E-state index contributed by atoms with van der Waals surface area (Å²) in [5.74, 6) is -0.312. The molecule has 1 aliphatic heterocycles. The van der Waals surface area contributed by atoms with Crippen LogP contribution >= 0.6 is 11.6 Å². The molecule has 1 aromatic carbocycles. The summed E-state index contributed by atoms with van der Waals surface area (Å²) < 4.78 is 37.9. The minimum atomic E-state index is -4.46. The SMILES string of the molecule is O=C(C[NH+]1CCCCC1)Nc1cc(C(F)(F)F)ccc1Cl. The van der Waals surface area contributed by atoms with Gasteiger partial charge in [0, 0.05) is 0 Å². The summed E-state index contributed by atoms with van der Waals surface area (Å²) in [5.41, 5.74) is -0.819. The first-order valence-electron chi connectivity index (χ1n) is 6.86. The van der Waals surface area contributed by atoms with Crippen LogP contribution in [0, 0.1) is 0 Å². The Kier molecular flexibility index (Phi) is 5.11. The van der Waals surface area contributed by atoms with E-state index in [4.69, 9.17) is 11.6 Å². The number of hydrogen-bond donors (Lipinski definition) is 2. The number of likely N-dealkylation sites (tertiary alicyclic amines) is 1. The van der Waals surface area contributed by atoms with Crippen LogP contribution in [0.1, 0.15) is 24.8 Å². The molecule has 0 radical (unpaired) electrons. The van der Waals surface area contributed by atoms with E-state index in [1.165, 1.54) is 6.42 Å². The summed E-state index contributed by atoms with van der Waals surface area (Å²) in [6.45, 7) is 2.10. The highest BCUT2D eigenvalue weighted by atomic mass is 35.5. The Morgan fingerprint density at radius 3 is 2.52 bits per heavy atom. The van der Waals surface area contributed by atoms with Crippen LogP contribution in [-0.4, -0.2) is 25.5 Å². The van der Waals surface area contributed by atoms with Crippen LogP contribution in [0.25, 0.3) is 0 Å². The van der Waals surface area contributed by atoms with Gasteiger partial charge in [-0.1, -0.05) is 11.6 Å². The van der Waals surface area contributed by atoms with E-state index < -0.39 is 11.7 Å². The van der Waals surface area contributed by atoms with Crippen molar-refractivity contribution in [2.75, 3.05) is 25.0 Å². The second kappa shape index (κ2) is 6.66. The maximum absolute atomic E-state index is 12.6. The molecule has 116 valence electrons. The van der Waals surface area contributed by atoms with Crippen LogP contribution in [0.15, 0.2) is 18.2 Å². The summed E-state index contributed by atoms with van der Waals surface area (Å²) in [5, 5.41) is 2.58. The molecule has 0 unspecified atom stereocenters. The van der Waals surface area contributed by atoms with Crippen LogP contribution in [0.2, 0.25) is 5.02 Å². The summed E-state index contributed by atoms with van der Waals surface area (Å²) in [6.07, 6.45) is -1.13. The third-order valence-electron chi connectivity index (χ3n) is 3.54. The first kappa shape index (κ1) is 16.1. The van der Waals surface area contributed by atoms with Gasteiger partial charge in [-0.05, 0) is 37.5 Å². The fourth-order valence-electron chi connectivity index (χ4n) is 2.45. The molecule has 7 heteroatoms. The van der Waals surface area contributed by atoms with E-state index in [1.807, 2.05) is 0 Å². The van der Waals surface area contributed by atoms with Crippen LogP contribution < -0.4 is 10.2 Å². The summed E-state index contributed by atoms with van der Waals surface area (Å²) in [6, 6.07) is 2.91. The smallest absolute Gasteiger partial charge is 0.327 e. The van der Waals surface area contributed by atoms with Crippen molar-refractivity contribution >= 4 is 23.2 Å². The summed E-state index contributed by atoms with van der Waals surface area (Å²) >= 11 is 5.84. The molecule has 0 bridgehead atoms. The first-order chi connectivity index (χ1) is 9.86. The van der Waals surface area contributed by atoms with Crippen molar-refractivity contribution in [1.29, 1.82) is 0 Å². The van der Waals surface area contributed by atoms with Crippen LogP contribution in [0.3, 0.4) is 0 Å². The largest absolute Gasteiger partial charge is 0.416 e. The van der Waals surface area contributed by atoms with Crippen molar-refractivity contribution in [3.63, 3.8) is 0 Å². The molecule has 2 N–H and O–H groups in total. The number of carbonyl (C=O) groups is 1. The molecular formula is C14H17ClF3N2O+. The van der Waals surface area contributed by atoms with Crippen LogP contribution in [-0.2, 0) is 11.0 Å². The highest BCUT2D eigenvalue weighted by Gasteiger charge is 2.31. The zero-order chi connectivity index (χ0) is 15.5.